The van der Waals surface area contributed by atoms with Crippen molar-refractivity contribution in [2.75, 3.05) is 37.0 Å². The lowest BCUT2D eigenvalue weighted by Gasteiger charge is -2.27. The Labute approximate surface area is 137 Å². The van der Waals surface area contributed by atoms with Crippen molar-refractivity contribution in [1.29, 1.82) is 0 Å². The minimum absolute atomic E-state index is 0.0933. The second kappa shape index (κ2) is 6.15. The summed E-state index contributed by atoms with van der Waals surface area (Å²) in [6, 6.07) is 1.57. The molecular formula is C12H14ClN3O4S2. The quantitative estimate of drug-likeness (QED) is 0.606. The van der Waals surface area contributed by atoms with Gasteiger partial charge in [0.05, 0.1) is 29.2 Å². The summed E-state index contributed by atoms with van der Waals surface area (Å²) in [4.78, 5) is 10.5. The minimum Gasteiger partial charge on any atom is -0.378 e. The standard InChI is InChI=1S/C12H14ClN3O4S2/c1-2-22(17,18)20-9-7-8-10(21-9)11(15-12(13)14-8)16-3-5-19-6-4-16/h7H,2-6H2,1H3. The van der Waals surface area contributed by atoms with E-state index in [1.165, 1.54) is 18.3 Å². The minimum atomic E-state index is -3.57. The molecule has 0 aliphatic carbocycles. The van der Waals surface area contributed by atoms with Crippen molar-refractivity contribution in [3.05, 3.63) is 11.3 Å². The summed E-state index contributed by atoms with van der Waals surface area (Å²) in [5.74, 6) is 0.594. The van der Waals surface area contributed by atoms with Gasteiger partial charge in [0.1, 0.15) is 0 Å². The molecule has 0 atom stereocenters. The van der Waals surface area contributed by atoms with E-state index in [9.17, 15) is 8.42 Å². The average molecular weight is 364 g/mol. The molecule has 1 saturated heterocycles. The smallest absolute Gasteiger partial charge is 0.309 e. The summed E-state index contributed by atoms with van der Waals surface area (Å²) < 4.78 is 34.3. The van der Waals surface area contributed by atoms with Gasteiger partial charge in [0, 0.05) is 19.2 Å². The van der Waals surface area contributed by atoms with Crippen LogP contribution in [0.25, 0.3) is 10.2 Å². The summed E-state index contributed by atoms with van der Waals surface area (Å²) in [6.45, 7) is 4.15. The number of hydrogen-bond donors (Lipinski definition) is 0. The van der Waals surface area contributed by atoms with Gasteiger partial charge in [0.25, 0.3) is 0 Å². The molecule has 0 bridgehead atoms. The van der Waals surface area contributed by atoms with Crippen molar-refractivity contribution in [3.8, 4) is 5.06 Å². The second-order valence-corrected chi connectivity index (χ2v) is 7.84. The van der Waals surface area contributed by atoms with Crippen molar-refractivity contribution >= 4 is 49.1 Å². The molecule has 2 aromatic heterocycles. The van der Waals surface area contributed by atoms with Gasteiger partial charge in [0.15, 0.2) is 10.9 Å². The van der Waals surface area contributed by atoms with E-state index in [0.717, 1.165) is 4.70 Å². The Morgan fingerprint density at radius 2 is 2.14 bits per heavy atom. The summed E-state index contributed by atoms with van der Waals surface area (Å²) in [6.07, 6.45) is 0. The molecule has 0 amide bonds. The van der Waals surface area contributed by atoms with Gasteiger partial charge < -0.3 is 13.8 Å². The predicted octanol–water partition coefficient (Wildman–Crippen LogP) is 1.91. The normalized spacial score (nSPS) is 16.2. The molecule has 0 unspecified atom stereocenters. The molecule has 2 aromatic rings. The van der Waals surface area contributed by atoms with Crippen molar-refractivity contribution in [1.82, 2.24) is 9.97 Å². The third-order valence-corrected chi connectivity index (χ3v) is 5.59. The first kappa shape index (κ1) is 15.7. The fraction of sp³-hybridized carbons (Fsp3) is 0.500. The summed E-state index contributed by atoms with van der Waals surface area (Å²) >= 11 is 7.18. The van der Waals surface area contributed by atoms with Gasteiger partial charge in [-0.1, -0.05) is 11.3 Å². The van der Waals surface area contributed by atoms with Crippen LogP contribution in [-0.2, 0) is 14.9 Å². The van der Waals surface area contributed by atoms with Crippen LogP contribution >= 0.6 is 22.9 Å². The lowest BCUT2D eigenvalue weighted by Crippen LogP contribution is -2.36. The Morgan fingerprint density at radius 1 is 1.41 bits per heavy atom. The predicted molar refractivity (Wildman–Crippen MR) is 85.5 cm³/mol. The number of fused-ring (bicyclic) bond motifs is 1. The van der Waals surface area contributed by atoms with Crippen LogP contribution in [0.3, 0.4) is 0 Å². The number of morpholine rings is 1. The molecule has 3 rings (SSSR count). The van der Waals surface area contributed by atoms with Gasteiger partial charge in [-0.3, -0.25) is 0 Å². The first-order valence-electron chi connectivity index (χ1n) is 6.70. The highest BCUT2D eigenvalue weighted by atomic mass is 35.5. The van der Waals surface area contributed by atoms with Crippen LogP contribution in [0.2, 0.25) is 5.28 Å². The Bertz CT molecular complexity index is 787. The summed E-state index contributed by atoms with van der Waals surface area (Å²) in [5, 5.41) is 0.389. The molecule has 7 nitrogen and oxygen atoms in total. The highest BCUT2D eigenvalue weighted by Crippen LogP contribution is 2.37. The lowest BCUT2D eigenvalue weighted by molar-refractivity contribution is 0.122. The lowest BCUT2D eigenvalue weighted by atomic mass is 10.3. The van der Waals surface area contributed by atoms with Gasteiger partial charge >= 0.3 is 10.1 Å². The van der Waals surface area contributed by atoms with Gasteiger partial charge in [0.2, 0.25) is 5.28 Å². The summed E-state index contributed by atoms with van der Waals surface area (Å²) in [5.41, 5.74) is 0.577. The molecule has 3 heterocycles. The van der Waals surface area contributed by atoms with Crippen LogP contribution in [0.1, 0.15) is 6.92 Å². The first-order valence-corrected chi connectivity index (χ1v) is 9.47. The number of halogens is 1. The maximum Gasteiger partial charge on any atom is 0.309 e. The van der Waals surface area contributed by atoms with E-state index in [2.05, 4.69) is 9.97 Å². The number of hydrogen-bond acceptors (Lipinski definition) is 8. The van der Waals surface area contributed by atoms with Crippen LogP contribution in [0.4, 0.5) is 5.82 Å². The van der Waals surface area contributed by atoms with Gasteiger partial charge in [-0.25, -0.2) is 4.98 Å². The highest BCUT2D eigenvalue weighted by molar-refractivity contribution is 7.87. The van der Waals surface area contributed by atoms with E-state index in [-0.39, 0.29) is 16.1 Å². The summed E-state index contributed by atoms with van der Waals surface area (Å²) in [7, 11) is -3.57. The number of rotatable bonds is 4. The van der Waals surface area contributed by atoms with Crippen LogP contribution < -0.4 is 9.08 Å². The first-order chi connectivity index (χ1) is 10.5. The van der Waals surface area contributed by atoms with Gasteiger partial charge in [-0.2, -0.15) is 13.4 Å². The zero-order valence-electron chi connectivity index (χ0n) is 11.8. The van der Waals surface area contributed by atoms with Crippen LogP contribution in [0.5, 0.6) is 5.06 Å². The zero-order chi connectivity index (χ0) is 15.7. The molecule has 1 fully saturated rings. The van der Waals surface area contributed by atoms with Crippen LogP contribution in [0.15, 0.2) is 6.07 Å². The van der Waals surface area contributed by atoms with Gasteiger partial charge in [-0.15, -0.1) is 0 Å². The Hall–Kier alpha value is -1.16. The molecular weight excluding hydrogens is 350 g/mol. The van der Waals surface area contributed by atoms with Crippen molar-refractivity contribution in [2.24, 2.45) is 0 Å². The van der Waals surface area contributed by atoms with E-state index in [4.69, 9.17) is 20.5 Å². The molecule has 10 heteroatoms. The molecule has 22 heavy (non-hydrogen) atoms. The average Bonchev–Trinajstić information content (AvgIpc) is 2.88. The zero-order valence-corrected chi connectivity index (χ0v) is 14.2. The number of anilines is 1. The molecule has 0 radical (unpaired) electrons. The monoisotopic (exact) mass is 363 g/mol. The van der Waals surface area contributed by atoms with Gasteiger partial charge in [-0.05, 0) is 18.5 Å². The maximum atomic E-state index is 11.6. The molecule has 0 aromatic carbocycles. The largest absolute Gasteiger partial charge is 0.378 e. The number of thiophene rings is 1. The van der Waals surface area contributed by atoms with E-state index >= 15 is 0 Å². The van der Waals surface area contributed by atoms with E-state index in [0.29, 0.717) is 37.6 Å². The Morgan fingerprint density at radius 3 is 2.82 bits per heavy atom. The second-order valence-electron chi connectivity index (χ2n) is 4.63. The van der Waals surface area contributed by atoms with E-state index in [1.54, 1.807) is 6.07 Å². The fourth-order valence-electron chi connectivity index (χ4n) is 2.08. The number of nitrogens with zero attached hydrogens (tertiary/aromatic N) is 3. The Balaban J connectivity index is 2.03. The van der Waals surface area contributed by atoms with Crippen molar-refractivity contribution < 1.29 is 17.3 Å². The molecule has 1 aliphatic heterocycles. The van der Waals surface area contributed by atoms with Crippen LogP contribution in [-0.4, -0.2) is 50.4 Å². The van der Waals surface area contributed by atoms with Crippen molar-refractivity contribution in [3.63, 3.8) is 0 Å². The maximum absolute atomic E-state index is 11.6. The SMILES string of the molecule is CCS(=O)(=O)Oc1cc2nc(Cl)nc(N3CCOCC3)c2s1. The fourth-order valence-corrected chi connectivity index (χ4v) is 3.96. The molecule has 0 saturated carbocycles. The third kappa shape index (κ3) is 3.27. The van der Waals surface area contributed by atoms with Crippen molar-refractivity contribution in [2.45, 2.75) is 6.92 Å². The highest BCUT2D eigenvalue weighted by Gasteiger charge is 2.21. The van der Waals surface area contributed by atoms with E-state index in [1.807, 2.05) is 4.90 Å². The number of ether oxygens (including phenoxy) is 1. The number of aromatic nitrogens is 2. The van der Waals surface area contributed by atoms with Crippen LogP contribution in [0, 0.1) is 0 Å². The molecule has 0 spiro atoms. The molecule has 120 valence electrons. The topological polar surface area (TPSA) is 81.6 Å². The molecule has 0 N–H and O–H groups in total. The third-order valence-electron chi connectivity index (χ3n) is 3.18. The van der Waals surface area contributed by atoms with E-state index < -0.39 is 10.1 Å². The molecule has 1 aliphatic rings. The Kier molecular flexibility index (Phi) is 4.40.